The van der Waals surface area contributed by atoms with Gasteiger partial charge in [0.05, 0.1) is 0 Å². The van der Waals surface area contributed by atoms with Gasteiger partial charge in [-0.15, -0.1) is 0 Å². The summed E-state index contributed by atoms with van der Waals surface area (Å²) in [4.78, 5) is 0. The van der Waals surface area contributed by atoms with Crippen LogP contribution in [0, 0.1) is 11.6 Å². The van der Waals surface area contributed by atoms with Gasteiger partial charge < -0.3 is 10.1 Å². The summed E-state index contributed by atoms with van der Waals surface area (Å²) in [6.07, 6.45) is 0.0428. The van der Waals surface area contributed by atoms with E-state index in [0.717, 1.165) is 19.2 Å². The topological polar surface area (TPSA) is 21.3 Å². The molecule has 0 bridgehead atoms. The van der Waals surface area contributed by atoms with Crippen molar-refractivity contribution in [2.75, 3.05) is 13.1 Å². The second-order valence-corrected chi connectivity index (χ2v) is 3.00. The molecular formula is C9H9F2NO. The molecule has 0 spiro atoms. The Bertz CT molecular complexity index is 292. The summed E-state index contributed by atoms with van der Waals surface area (Å²) in [6, 6.07) is 3.19. The number of nitrogens with one attached hydrogen (secondary N) is 1. The van der Waals surface area contributed by atoms with E-state index in [1.54, 1.807) is 0 Å². The van der Waals surface area contributed by atoms with Crippen LogP contribution in [0.5, 0.6) is 5.75 Å². The minimum atomic E-state index is -0.609. The molecule has 2 rings (SSSR count). The van der Waals surface area contributed by atoms with Gasteiger partial charge in [-0.1, -0.05) is 0 Å². The van der Waals surface area contributed by atoms with Crippen LogP contribution in [0.15, 0.2) is 18.2 Å². The third-order valence-electron chi connectivity index (χ3n) is 1.88. The summed E-state index contributed by atoms with van der Waals surface area (Å²) >= 11 is 0. The molecule has 0 radical (unpaired) electrons. The number of benzene rings is 1. The first-order valence-corrected chi connectivity index (χ1v) is 4.07. The molecule has 2 nitrogen and oxygen atoms in total. The monoisotopic (exact) mass is 185 g/mol. The Labute approximate surface area is 74.5 Å². The molecule has 0 aromatic heterocycles. The predicted octanol–water partition coefficient (Wildman–Crippen LogP) is 1.32. The third kappa shape index (κ3) is 1.95. The van der Waals surface area contributed by atoms with Gasteiger partial charge in [-0.25, -0.2) is 8.78 Å². The maximum Gasteiger partial charge on any atom is 0.129 e. The van der Waals surface area contributed by atoms with Gasteiger partial charge in [-0.3, -0.25) is 0 Å². The van der Waals surface area contributed by atoms with E-state index in [-0.39, 0.29) is 11.9 Å². The number of rotatable bonds is 2. The van der Waals surface area contributed by atoms with Crippen molar-refractivity contribution in [1.29, 1.82) is 0 Å². The SMILES string of the molecule is Fc1cc(F)cc(OC2CNC2)c1. The lowest BCUT2D eigenvalue weighted by atomic mass is 10.2. The molecule has 1 heterocycles. The predicted molar refractivity (Wildman–Crippen MR) is 43.6 cm³/mol. The Kier molecular flexibility index (Phi) is 2.14. The molecule has 1 fully saturated rings. The molecular weight excluding hydrogens is 176 g/mol. The van der Waals surface area contributed by atoms with Gasteiger partial charge in [0.1, 0.15) is 23.5 Å². The van der Waals surface area contributed by atoms with Crippen LogP contribution >= 0.6 is 0 Å². The van der Waals surface area contributed by atoms with E-state index in [0.29, 0.717) is 0 Å². The van der Waals surface area contributed by atoms with Crippen molar-refractivity contribution in [1.82, 2.24) is 5.32 Å². The summed E-state index contributed by atoms with van der Waals surface area (Å²) in [5, 5.41) is 3.00. The van der Waals surface area contributed by atoms with E-state index in [2.05, 4.69) is 5.32 Å². The van der Waals surface area contributed by atoms with Crippen LogP contribution in [0.1, 0.15) is 0 Å². The Morgan fingerprint density at radius 1 is 1.15 bits per heavy atom. The first-order chi connectivity index (χ1) is 6.24. The first kappa shape index (κ1) is 8.44. The van der Waals surface area contributed by atoms with E-state index in [1.807, 2.05) is 0 Å². The molecule has 0 aliphatic carbocycles. The molecule has 70 valence electrons. The normalized spacial score (nSPS) is 16.8. The molecule has 1 saturated heterocycles. The lowest BCUT2D eigenvalue weighted by molar-refractivity contribution is 0.141. The van der Waals surface area contributed by atoms with E-state index in [1.165, 1.54) is 12.1 Å². The zero-order valence-corrected chi connectivity index (χ0v) is 6.89. The summed E-state index contributed by atoms with van der Waals surface area (Å²) in [7, 11) is 0. The van der Waals surface area contributed by atoms with E-state index in [4.69, 9.17) is 4.74 Å². The van der Waals surface area contributed by atoms with Crippen molar-refractivity contribution in [3.05, 3.63) is 29.8 Å². The Balaban J connectivity index is 2.10. The summed E-state index contributed by atoms with van der Waals surface area (Å²) in [5.41, 5.74) is 0. The van der Waals surface area contributed by atoms with Gasteiger partial charge >= 0.3 is 0 Å². The van der Waals surface area contributed by atoms with Crippen molar-refractivity contribution in [3.8, 4) is 5.75 Å². The number of halogens is 2. The average molecular weight is 185 g/mol. The highest BCUT2D eigenvalue weighted by atomic mass is 19.1. The van der Waals surface area contributed by atoms with E-state index in [9.17, 15) is 8.78 Å². The maximum absolute atomic E-state index is 12.7. The van der Waals surface area contributed by atoms with E-state index >= 15 is 0 Å². The molecule has 0 saturated carbocycles. The Hall–Kier alpha value is -1.16. The molecule has 1 aromatic carbocycles. The molecule has 4 heteroatoms. The largest absolute Gasteiger partial charge is 0.488 e. The van der Waals surface area contributed by atoms with Crippen molar-refractivity contribution < 1.29 is 13.5 Å². The van der Waals surface area contributed by atoms with Gasteiger partial charge in [0, 0.05) is 31.3 Å². The second-order valence-electron chi connectivity index (χ2n) is 3.00. The highest BCUT2D eigenvalue weighted by Crippen LogP contribution is 2.17. The minimum Gasteiger partial charge on any atom is -0.488 e. The number of hydrogen-bond donors (Lipinski definition) is 1. The second kappa shape index (κ2) is 3.30. The van der Waals surface area contributed by atoms with Gasteiger partial charge in [0.25, 0.3) is 0 Å². The fourth-order valence-corrected chi connectivity index (χ4v) is 1.13. The van der Waals surface area contributed by atoms with Crippen molar-refractivity contribution in [2.24, 2.45) is 0 Å². The lowest BCUT2D eigenvalue weighted by Crippen LogP contribution is -2.50. The fourth-order valence-electron chi connectivity index (χ4n) is 1.13. The van der Waals surface area contributed by atoms with Gasteiger partial charge in [0.2, 0.25) is 0 Å². The smallest absolute Gasteiger partial charge is 0.129 e. The van der Waals surface area contributed by atoms with Crippen molar-refractivity contribution >= 4 is 0 Å². The van der Waals surface area contributed by atoms with Crippen LogP contribution in [-0.4, -0.2) is 19.2 Å². The molecule has 1 aliphatic heterocycles. The molecule has 0 atom stereocenters. The van der Waals surface area contributed by atoms with Crippen molar-refractivity contribution in [3.63, 3.8) is 0 Å². The third-order valence-corrected chi connectivity index (χ3v) is 1.88. The standard InChI is InChI=1S/C9H9F2NO/c10-6-1-7(11)3-8(2-6)13-9-4-12-5-9/h1-3,9,12H,4-5H2. The first-order valence-electron chi connectivity index (χ1n) is 4.07. The molecule has 0 unspecified atom stereocenters. The Morgan fingerprint density at radius 2 is 1.77 bits per heavy atom. The number of ether oxygens (including phenoxy) is 1. The summed E-state index contributed by atoms with van der Waals surface area (Å²) in [5.74, 6) is -0.964. The van der Waals surface area contributed by atoms with Crippen LogP contribution in [0.3, 0.4) is 0 Å². The van der Waals surface area contributed by atoms with Crippen LogP contribution in [0.25, 0.3) is 0 Å². The highest BCUT2D eigenvalue weighted by molar-refractivity contribution is 5.24. The van der Waals surface area contributed by atoms with Crippen LogP contribution in [0.2, 0.25) is 0 Å². The fraction of sp³-hybridized carbons (Fsp3) is 0.333. The zero-order valence-electron chi connectivity index (χ0n) is 6.89. The van der Waals surface area contributed by atoms with Crippen LogP contribution < -0.4 is 10.1 Å². The van der Waals surface area contributed by atoms with Crippen molar-refractivity contribution in [2.45, 2.75) is 6.10 Å². The minimum absolute atomic E-state index is 0.0428. The molecule has 1 N–H and O–H groups in total. The van der Waals surface area contributed by atoms with Gasteiger partial charge in [-0.05, 0) is 0 Å². The summed E-state index contributed by atoms with van der Waals surface area (Å²) in [6.45, 7) is 1.47. The quantitative estimate of drug-likeness (QED) is 0.750. The highest BCUT2D eigenvalue weighted by Gasteiger charge is 2.18. The van der Waals surface area contributed by atoms with Gasteiger partial charge in [-0.2, -0.15) is 0 Å². The summed E-state index contributed by atoms with van der Waals surface area (Å²) < 4.78 is 30.6. The Morgan fingerprint density at radius 3 is 2.23 bits per heavy atom. The van der Waals surface area contributed by atoms with Gasteiger partial charge in [0.15, 0.2) is 0 Å². The molecule has 0 amide bonds. The van der Waals surface area contributed by atoms with E-state index < -0.39 is 11.6 Å². The van der Waals surface area contributed by atoms with Crippen LogP contribution in [0.4, 0.5) is 8.78 Å². The lowest BCUT2D eigenvalue weighted by Gasteiger charge is -2.27. The zero-order chi connectivity index (χ0) is 9.26. The number of hydrogen-bond acceptors (Lipinski definition) is 2. The maximum atomic E-state index is 12.7. The van der Waals surface area contributed by atoms with Crippen LogP contribution in [-0.2, 0) is 0 Å². The average Bonchev–Trinajstić information content (AvgIpc) is 1.95. The molecule has 13 heavy (non-hydrogen) atoms. The molecule has 1 aliphatic rings. The molecule has 1 aromatic rings.